The fourth-order valence-electron chi connectivity index (χ4n) is 5.93. The van der Waals surface area contributed by atoms with Crippen LogP contribution in [0.2, 0.25) is 0 Å². The third kappa shape index (κ3) is 4.91. The summed E-state index contributed by atoms with van der Waals surface area (Å²) in [4.78, 5) is 4.86. The summed E-state index contributed by atoms with van der Waals surface area (Å²) in [5, 5.41) is 14.8. The predicted octanol–water partition coefficient (Wildman–Crippen LogP) is 7.27. The summed E-state index contributed by atoms with van der Waals surface area (Å²) in [5.41, 5.74) is 10.8. The van der Waals surface area contributed by atoms with Crippen LogP contribution in [0.5, 0.6) is 0 Å². The van der Waals surface area contributed by atoms with E-state index in [-0.39, 0.29) is 18.5 Å². The molecule has 5 aromatic carbocycles. The van der Waals surface area contributed by atoms with Gasteiger partial charge in [0, 0.05) is 18.0 Å². The lowest BCUT2D eigenvalue weighted by Gasteiger charge is -2.26. The molecule has 0 amide bonds. The highest BCUT2D eigenvalue weighted by Crippen LogP contribution is 2.32. The van der Waals surface area contributed by atoms with Crippen molar-refractivity contribution in [3.05, 3.63) is 143 Å². The van der Waals surface area contributed by atoms with Crippen molar-refractivity contribution < 1.29 is 0 Å². The zero-order valence-electron chi connectivity index (χ0n) is 22.8. The Morgan fingerprint density at radius 3 is 2.15 bits per heavy atom. The second-order valence-corrected chi connectivity index (χ2v) is 10.9. The Labute approximate surface area is 235 Å². The molecule has 3 atom stereocenters. The molecule has 2 aliphatic heterocycles. The van der Waals surface area contributed by atoms with E-state index in [0.717, 1.165) is 23.5 Å². The zero-order chi connectivity index (χ0) is 27.1. The molecule has 0 spiro atoms. The van der Waals surface area contributed by atoms with Gasteiger partial charge in [0.15, 0.2) is 0 Å². The second kappa shape index (κ2) is 10.4. The fraction of sp³-hybridized carbons (Fsp3) is 0.171. The minimum atomic E-state index is -0.0791. The molecule has 1 fully saturated rings. The van der Waals surface area contributed by atoms with E-state index in [2.05, 4.69) is 150 Å². The summed E-state index contributed by atoms with van der Waals surface area (Å²) < 4.78 is 0. The molecule has 0 bridgehead atoms. The minimum Gasteiger partial charge on any atom is -0.364 e. The molecule has 3 unspecified atom stereocenters. The Bertz CT molecular complexity index is 1770. The molecule has 0 aliphatic carbocycles. The highest BCUT2D eigenvalue weighted by molar-refractivity contribution is 5.94. The lowest BCUT2D eigenvalue weighted by molar-refractivity contribution is 0.165. The van der Waals surface area contributed by atoms with Gasteiger partial charge >= 0.3 is 0 Å². The highest BCUT2D eigenvalue weighted by atomic mass is 15.6. The monoisotopic (exact) mass is 523 g/mol. The van der Waals surface area contributed by atoms with Crippen LogP contribution in [0.1, 0.15) is 54.6 Å². The number of rotatable bonds is 5. The van der Waals surface area contributed by atoms with Crippen molar-refractivity contribution in [1.29, 1.82) is 0 Å². The Morgan fingerprint density at radius 2 is 1.38 bits per heavy atom. The van der Waals surface area contributed by atoms with Crippen LogP contribution in [0, 0.1) is 0 Å². The van der Waals surface area contributed by atoms with E-state index in [1.807, 2.05) is 0 Å². The smallest absolute Gasteiger partial charge is 0.144 e. The van der Waals surface area contributed by atoms with Gasteiger partial charge in [-0.3, -0.25) is 10.3 Å². The van der Waals surface area contributed by atoms with Crippen LogP contribution in [0.3, 0.4) is 0 Å². The van der Waals surface area contributed by atoms with E-state index in [1.165, 1.54) is 38.2 Å². The number of benzene rings is 5. The van der Waals surface area contributed by atoms with E-state index < -0.39 is 0 Å². The van der Waals surface area contributed by atoms with E-state index in [9.17, 15) is 0 Å². The first-order valence-electron chi connectivity index (χ1n) is 13.9. The van der Waals surface area contributed by atoms with Gasteiger partial charge in [-0.25, -0.2) is 10.4 Å². The molecule has 2 heterocycles. The van der Waals surface area contributed by atoms with Crippen molar-refractivity contribution in [1.82, 2.24) is 21.1 Å². The highest BCUT2D eigenvalue weighted by Gasteiger charge is 2.33. The van der Waals surface area contributed by atoms with Crippen molar-refractivity contribution >= 4 is 27.3 Å². The number of hydrazine groups is 1. The van der Waals surface area contributed by atoms with Gasteiger partial charge < -0.3 is 5.32 Å². The number of aliphatic imine (C=N–C) groups is 1. The van der Waals surface area contributed by atoms with Gasteiger partial charge in [0.2, 0.25) is 0 Å². The molecule has 1 saturated heterocycles. The van der Waals surface area contributed by atoms with Crippen LogP contribution in [0.25, 0.3) is 21.5 Å². The van der Waals surface area contributed by atoms with Crippen molar-refractivity contribution in [2.24, 2.45) is 4.99 Å². The molecule has 40 heavy (non-hydrogen) atoms. The largest absolute Gasteiger partial charge is 0.364 e. The standard InChI is InChI=1S/C35H33N5/c1-23-18-24(2)37-33(36-23)30-12-7-13-32(21-30)35-38-34(31-17-16-27-9-4-6-11-29(27)20-31)39-40(35)22-25-14-15-26-8-3-5-10-28(26)19-25/h3-21,33-36,38-39H,22H2,1-2H3. The molecule has 3 N–H and O–H groups in total. The lowest BCUT2D eigenvalue weighted by atomic mass is 10.0. The molecule has 7 rings (SSSR count). The zero-order valence-corrected chi connectivity index (χ0v) is 22.8. The SMILES string of the molecule is CC1=CC(C)=NC(c2cccc(C3NC(c4ccc5ccccc5c4)NN3Cc3ccc4ccccc4c3)c2)N1. The molecular formula is C35H33N5. The van der Waals surface area contributed by atoms with Crippen LogP contribution >= 0.6 is 0 Å². The van der Waals surface area contributed by atoms with Gasteiger partial charge in [0.05, 0.1) is 6.17 Å². The van der Waals surface area contributed by atoms with Crippen molar-refractivity contribution in [2.45, 2.75) is 38.9 Å². The minimum absolute atomic E-state index is 0.0167. The Kier molecular flexibility index (Phi) is 6.40. The summed E-state index contributed by atoms with van der Waals surface area (Å²) in [6.45, 7) is 4.91. The van der Waals surface area contributed by atoms with Crippen LogP contribution in [-0.2, 0) is 6.54 Å². The molecular weight excluding hydrogens is 490 g/mol. The first kappa shape index (κ1) is 24.7. The van der Waals surface area contributed by atoms with Gasteiger partial charge in [0.1, 0.15) is 12.3 Å². The summed E-state index contributed by atoms with van der Waals surface area (Å²) in [6.07, 6.45) is 1.97. The Morgan fingerprint density at radius 1 is 0.675 bits per heavy atom. The van der Waals surface area contributed by atoms with E-state index in [4.69, 9.17) is 4.99 Å². The Hall–Kier alpha value is -4.29. The van der Waals surface area contributed by atoms with Gasteiger partial charge in [0.25, 0.3) is 0 Å². The lowest BCUT2D eigenvalue weighted by Crippen LogP contribution is -2.33. The van der Waals surface area contributed by atoms with Crippen LogP contribution in [0.15, 0.2) is 126 Å². The van der Waals surface area contributed by atoms with Crippen molar-refractivity contribution in [3.63, 3.8) is 0 Å². The summed E-state index contributed by atoms with van der Waals surface area (Å²) in [6, 6.07) is 39.3. The molecule has 5 nitrogen and oxygen atoms in total. The molecule has 2 aliphatic rings. The molecule has 5 heteroatoms. The average Bonchev–Trinajstić information content (AvgIpc) is 3.40. The first-order chi connectivity index (χ1) is 19.6. The van der Waals surface area contributed by atoms with Crippen molar-refractivity contribution in [2.75, 3.05) is 0 Å². The van der Waals surface area contributed by atoms with Gasteiger partial charge in [-0.15, -0.1) is 0 Å². The van der Waals surface area contributed by atoms with Crippen LogP contribution in [-0.4, -0.2) is 10.7 Å². The van der Waals surface area contributed by atoms with E-state index in [1.54, 1.807) is 0 Å². The summed E-state index contributed by atoms with van der Waals surface area (Å²) >= 11 is 0. The maximum absolute atomic E-state index is 4.86. The van der Waals surface area contributed by atoms with Gasteiger partial charge in [-0.05, 0) is 81.9 Å². The number of fused-ring (bicyclic) bond motifs is 2. The van der Waals surface area contributed by atoms with Gasteiger partial charge in [-0.2, -0.15) is 0 Å². The number of allylic oxidation sites excluding steroid dienone is 2. The summed E-state index contributed by atoms with van der Waals surface area (Å²) in [5.74, 6) is 0. The summed E-state index contributed by atoms with van der Waals surface area (Å²) in [7, 11) is 0. The topological polar surface area (TPSA) is 51.7 Å². The normalized spacial score (nSPS) is 21.3. The van der Waals surface area contributed by atoms with Crippen molar-refractivity contribution in [3.8, 4) is 0 Å². The third-order valence-electron chi connectivity index (χ3n) is 7.87. The molecule has 0 radical (unpaired) electrons. The second-order valence-electron chi connectivity index (χ2n) is 10.9. The molecule has 198 valence electrons. The van der Waals surface area contributed by atoms with Gasteiger partial charge in [-0.1, -0.05) is 91.0 Å². The number of nitrogens with zero attached hydrogens (tertiary/aromatic N) is 2. The fourth-order valence-corrected chi connectivity index (χ4v) is 5.93. The Balaban J connectivity index is 1.23. The molecule has 0 saturated carbocycles. The van der Waals surface area contributed by atoms with E-state index >= 15 is 0 Å². The first-order valence-corrected chi connectivity index (χ1v) is 13.9. The van der Waals surface area contributed by atoms with Crippen LogP contribution < -0.4 is 16.1 Å². The molecule has 0 aromatic heterocycles. The number of hydrogen-bond acceptors (Lipinski definition) is 5. The number of nitrogens with one attached hydrogen (secondary N) is 3. The predicted molar refractivity (Wildman–Crippen MR) is 164 cm³/mol. The van der Waals surface area contributed by atoms with E-state index in [0.29, 0.717) is 0 Å². The number of hydrogen-bond donors (Lipinski definition) is 3. The third-order valence-corrected chi connectivity index (χ3v) is 7.87. The van der Waals surface area contributed by atoms with Crippen LogP contribution in [0.4, 0.5) is 0 Å². The maximum Gasteiger partial charge on any atom is 0.144 e. The quantitative estimate of drug-likeness (QED) is 0.227. The average molecular weight is 524 g/mol. The maximum atomic E-state index is 4.86. The molecule has 5 aromatic rings.